The fraction of sp³-hybridized carbons (Fsp3) is 0.480. The molecule has 30 heavy (non-hydrogen) atoms. The molecule has 2 amide bonds. The smallest absolute Gasteiger partial charge is 0.322 e. The van der Waals surface area contributed by atoms with Crippen LogP contribution < -0.4 is 10.2 Å². The highest BCUT2D eigenvalue weighted by Gasteiger charge is 2.32. The van der Waals surface area contributed by atoms with Crippen molar-refractivity contribution in [2.45, 2.75) is 46.2 Å². The molecule has 0 bridgehead atoms. The molecule has 5 heteroatoms. The summed E-state index contributed by atoms with van der Waals surface area (Å²) in [6.07, 6.45) is 2.20. The number of benzene rings is 2. The van der Waals surface area contributed by atoms with Gasteiger partial charge in [-0.1, -0.05) is 36.8 Å². The molecule has 0 radical (unpaired) electrons. The lowest BCUT2D eigenvalue weighted by Crippen LogP contribution is -2.46. The molecule has 2 aromatic rings. The molecule has 0 spiro atoms. The second-order valence-electron chi connectivity index (χ2n) is 8.70. The number of hydrogen-bond donors (Lipinski definition) is 1. The van der Waals surface area contributed by atoms with Crippen molar-refractivity contribution in [2.24, 2.45) is 0 Å². The first-order valence-corrected chi connectivity index (χ1v) is 11.2. The molecule has 0 atom stereocenters. The van der Waals surface area contributed by atoms with Crippen molar-refractivity contribution in [3.63, 3.8) is 0 Å². The van der Waals surface area contributed by atoms with Gasteiger partial charge in [-0.15, -0.1) is 0 Å². The third-order valence-electron chi connectivity index (χ3n) is 6.33. The third-order valence-corrected chi connectivity index (χ3v) is 6.33. The van der Waals surface area contributed by atoms with Crippen LogP contribution in [0.2, 0.25) is 0 Å². The zero-order chi connectivity index (χ0) is 21.1. The van der Waals surface area contributed by atoms with E-state index in [0.29, 0.717) is 12.6 Å². The Balaban J connectivity index is 1.40. The van der Waals surface area contributed by atoms with E-state index in [2.05, 4.69) is 72.3 Å². The highest BCUT2D eigenvalue weighted by atomic mass is 16.2. The highest BCUT2D eigenvalue weighted by Crippen LogP contribution is 2.30. The van der Waals surface area contributed by atoms with Gasteiger partial charge in [0.25, 0.3) is 0 Å². The molecule has 4 rings (SSSR count). The molecule has 1 aliphatic heterocycles. The van der Waals surface area contributed by atoms with Gasteiger partial charge in [-0.2, -0.15) is 0 Å². The molecular weight excluding hydrogens is 372 g/mol. The van der Waals surface area contributed by atoms with Crippen molar-refractivity contribution in [1.82, 2.24) is 9.80 Å². The lowest BCUT2D eigenvalue weighted by molar-refractivity contribution is 0.206. The first kappa shape index (κ1) is 20.7. The lowest BCUT2D eigenvalue weighted by atomic mass is 10.1. The van der Waals surface area contributed by atoms with Crippen LogP contribution in [0.5, 0.6) is 0 Å². The van der Waals surface area contributed by atoms with Gasteiger partial charge < -0.3 is 20.0 Å². The van der Waals surface area contributed by atoms with Crippen molar-refractivity contribution in [1.29, 1.82) is 0 Å². The first-order valence-electron chi connectivity index (χ1n) is 11.2. The van der Waals surface area contributed by atoms with Gasteiger partial charge in [0.1, 0.15) is 0 Å². The molecule has 160 valence electrons. The summed E-state index contributed by atoms with van der Waals surface area (Å²) in [6.45, 7) is 12.6. The molecule has 5 nitrogen and oxygen atoms in total. The number of aryl methyl sites for hydroxylation is 2. The van der Waals surface area contributed by atoms with Crippen LogP contribution >= 0.6 is 0 Å². The van der Waals surface area contributed by atoms with E-state index in [1.807, 2.05) is 11.0 Å². The van der Waals surface area contributed by atoms with Gasteiger partial charge in [-0.05, 0) is 62.6 Å². The second kappa shape index (κ2) is 9.09. The maximum Gasteiger partial charge on any atom is 0.322 e. The summed E-state index contributed by atoms with van der Waals surface area (Å²) < 4.78 is 0. The Labute approximate surface area is 180 Å². The number of piperazine rings is 1. The van der Waals surface area contributed by atoms with Crippen LogP contribution in [-0.4, -0.2) is 54.6 Å². The topological polar surface area (TPSA) is 38.8 Å². The number of amides is 2. The number of likely N-dealkylation sites (N-methyl/N-ethyl adjacent to an activating group) is 1. The lowest BCUT2D eigenvalue weighted by Gasteiger charge is -2.36. The van der Waals surface area contributed by atoms with Gasteiger partial charge in [-0.3, -0.25) is 0 Å². The molecule has 1 saturated heterocycles. The van der Waals surface area contributed by atoms with E-state index in [1.54, 1.807) is 0 Å². The Bertz CT molecular complexity index is 867. The number of rotatable bonds is 6. The fourth-order valence-corrected chi connectivity index (χ4v) is 4.23. The molecule has 0 unspecified atom stereocenters. The van der Waals surface area contributed by atoms with Gasteiger partial charge in [-0.25, -0.2) is 4.79 Å². The van der Waals surface area contributed by atoms with Crippen LogP contribution in [0.4, 0.5) is 16.2 Å². The van der Waals surface area contributed by atoms with E-state index in [9.17, 15) is 4.79 Å². The highest BCUT2D eigenvalue weighted by molar-refractivity contribution is 5.90. The standard InChI is InChI=1S/C25H34N4O/c1-4-27-13-15-28(16-14-27)24-12-9-22(17-20(24)3)26-25(30)29(23-10-11-23)18-21-7-5-19(2)6-8-21/h5-9,12,17,23H,4,10-11,13-16,18H2,1-3H3,(H,26,30). The van der Waals surface area contributed by atoms with Crippen LogP contribution in [0.3, 0.4) is 0 Å². The Kier molecular flexibility index (Phi) is 6.28. The van der Waals surface area contributed by atoms with Gasteiger partial charge in [0.2, 0.25) is 0 Å². The van der Waals surface area contributed by atoms with Gasteiger partial charge in [0.15, 0.2) is 0 Å². The molecule has 1 aliphatic carbocycles. The van der Waals surface area contributed by atoms with E-state index in [-0.39, 0.29) is 6.03 Å². The maximum atomic E-state index is 13.0. The number of anilines is 2. The van der Waals surface area contributed by atoms with Gasteiger partial charge in [0, 0.05) is 50.1 Å². The fourth-order valence-electron chi connectivity index (χ4n) is 4.23. The quantitative estimate of drug-likeness (QED) is 0.759. The van der Waals surface area contributed by atoms with Crippen LogP contribution in [0, 0.1) is 13.8 Å². The van der Waals surface area contributed by atoms with Crippen molar-refractivity contribution in [3.8, 4) is 0 Å². The van der Waals surface area contributed by atoms with Gasteiger partial charge >= 0.3 is 6.03 Å². The molecule has 0 aromatic heterocycles. The Morgan fingerprint density at radius 3 is 2.33 bits per heavy atom. The number of urea groups is 1. The first-order chi connectivity index (χ1) is 14.5. The van der Waals surface area contributed by atoms with Crippen LogP contribution in [0.15, 0.2) is 42.5 Å². The summed E-state index contributed by atoms with van der Waals surface area (Å²) in [5.41, 5.74) is 5.80. The number of nitrogens with zero attached hydrogens (tertiary/aromatic N) is 3. The molecule has 1 heterocycles. The minimum Gasteiger partial charge on any atom is -0.369 e. The van der Waals surface area contributed by atoms with E-state index >= 15 is 0 Å². The minimum atomic E-state index is 0.00165. The summed E-state index contributed by atoms with van der Waals surface area (Å²) in [4.78, 5) is 20.0. The average Bonchev–Trinajstić information content (AvgIpc) is 3.59. The van der Waals surface area contributed by atoms with E-state index in [0.717, 1.165) is 51.3 Å². The van der Waals surface area contributed by atoms with Crippen LogP contribution in [0.1, 0.15) is 36.5 Å². The van der Waals surface area contributed by atoms with Crippen molar-refractivity contribution in [2.75, 3.05) is 42.9 Å². The average molecular weight is 407 g/mol. The van der Waals surface area contributed by atoms with Gasteiger partial charge in [0.05, 0.1) is 0 Å². The normalized spacial score (nSPS) is 17.1. The SMILES string of the molecule is CCN1CCN(c2ccc(NC(=O)N(Cc3ccc(C)cc3)C3CC3)cc2C)CC1. The zero-order valence-electron chi connectivity index (χ0n) is 18.5. The summed E-state index contributed by atoms with van der Waals surface area (Å²) >= 11 is 0. The predicted octanol–water partition coefficient (Wildman–Crippen LogP) is 4.64. The zero-order valence-corrected chi connectivity index (χ0v) is 18.5. The number of nitrogens with one attached hydrogen (secondary N) is 1. The van der Waals surface area contributed by atoms with Crippen molar-refractivity contribution >= 4 is 17.4 Å². The summed E-state index contributed by atoms with van der Waals surface area (Å²) in [6, 6.07) is 15.1. The Morgan fingerprint density at radius 2 is 1.73 bits per heavy atom. The summed E-state index contributed by atoms with van der Waals surface area (Å²) in [5, 5.41) is 3.14. The van der Waals surface area contributed by atoms with Crippen molar-refractivity contribution in [3.05, 3.63) is 59.2 Å². The van der Waals surface area contributed by atoms with Crippen LogP contribution in [-0.2, 0) is 6.54 Å². The molecular formula is C25H34N4O. The number of hydrogen-bond acceptors (Lipinski definition) is 3. The third kappa shape index (κ3) is 4.96. The maximum absolute atomic E-state index is 13.0. The molecule has 1 N–H and O–H groups in total. The molecule has 2 fully saturated rings. The van der Waals surface area contributed by atoms with E-state index in [1.165, 1.54) is 22.4 Å². The summed E-state index contributed by atoms with van der Waals surface area (Å²) in [5.74, 6) is 0. The summed E-state index contributed by atoms with van der Waals surface area (Å²) in [7, 11) is 0. The minimum absolute atomic E-state index is 0.00165. The molecule has 2 aliphatic rings. The van der Waals surface area contributed by atoms with E-state index < -0.39 is 0 Å². The Morgan fingerprint density at radius 1 is 1.03 bits per heavy atom. The Hall–Kier alpha value is -2.53. The second-order valence-corrected chi connectivity index (χ2v) is 8.70. The molecule has 1 saturated carbocycles. The van der Waals surface area contributed by atoms with Crippen LogP contribution in [0.25, 0.3) is 0 Å². The number of carbonyl (C=O) groups excluding carboxylic acids is 1. The molecule has 2 aromatic carbocycles. The predicted molar refractivity (Wildman–Crippen MR) is 124 cm³/mol. The monoisotopic (exact) mass is 406 g/mol. The van der Waals surface area contributed by atoms with Crippen molar-refractivity contribution < 1.29 is 4.79 Å². The number of carbonyl (C=O) groups is 1. The van der Waals surface area contributed by atoms with E-state index in [4.69, 9.17) is 0 Å². The largest absolute Gasteiger partial charge is 0.369 e.